The smallest absolute Gasteiger partial charge is 0.170 e. The summed E-state index contributed by atoms with van der Waals surface area (Å²) in [6, 6.07) is 5.79. The Hall–Kier alpha value is -1.31. The summed E-state index contributed by atoms with van der Waals surface area (Å²) in [6.45, 7) is 4.01. The van der Waals surface area contributed by atoms with Crippen molar-refractivity contribution in [2.24, 2.45) is 0 Å². The van der Waals surface area contributed by atoms with Crippen LogP contribution in [0.5, 0.6) is 5.75 Å². The van der Waals surface area contributed by atoms with Gasteiger partial charge in [0.1, 0.15) is 11.9 Å². The number of hydrogen-bond donors (Lipinski definition) is 0. The van der Waals surface area contributed by atoms with Crippen LogP contribution in [0.15, 0.2) is 18.2 Å². The van der Waals surface area contributed by atoms with Crippen LogP contribution in [-0.4, -0.2) is 11.9 Å². The van der Waals surface area contributed by atoms with E-state index in [0.29, 0.717) is 6.42 Å². The van der Waals surface area contributed by atoms with Crippen molar-refractivity contribution in [1.82, 2.24) is 0 Å². The maximum atomic E-state index is 11.7. The topological polar surface area (TPSA) is 26.3 Å². The van der Waals surface area contributed by atoms with Gasteiger partial charge in [-0.05, 0) is 25.0 Å². The molecule has 1 atom stereocenters. The highest BCUT2D eigenvalue weighted by Gasteiger charge is 2.24. The number of benzene rings is 1. The van der Waals surface area contributed by atoms with E-state index < -0.39 is 0 Å². The Kier molecular flexibility index (Phi) is 2.28. The Balaban J connectivity index is 2.52. The van der Waals surface area contributed by atoms with Gasteiger partial charge in [-0.25, -0.2) is 0 Å². The lowest BCUT2D eigenvalue weighted by atomic mass is 9.97. The molecule has 1 aliphatic heterocycles. The van der Waals surface area contributed by atoms with Crippen molar-refractivity contribution in [3.63, 3.8) is 0 Å². The molecule has 1 aliphatic rings. The zero-order valence-electron chi connectivity index (χ0n) is 8.54. The molecular formula is C12H14O2. The predicted molar refractivity (Wildman–Crippen MR) is 54.9 cm³/mol. The zero-order valence-corrected chi connectivity index (χ0v) is 8.54. The minimum atomic E-state index is 0.0164. The number of rotatable bonds is 1. The maximum absolute atomic E-state index is 11.7. The van der Waals surface area contributed by atoms with Crippen LogP contribution in [0.2, 0.25) is 0 Å². The summed E-state index contributed by atoms with van der Waals surface area (Å²) in [7, 11) is 0. The van der Waals surface area contributed by atoms with E-state index in [1.807, 2.05) is 25.1 Å². The third-order valence-electron chi connectivity index (χ3n) is 2.57. The average Bonchev–Trinajstić information content (AvgIpc) is 2.17. The van der Waals surface area contributed by atoms with Gasteiger partial charge >= 0.3 is 0 Å². The second-order valence-electron chi connectivity index (χ2n) is 3.70. The van der Waals surface area contributed by atoms with Crippen LogP contribution in [-0.2, 0) is 6.42 Å². The van der Waals surface area contributed by atoms with Crippen molar-refractivity contribution >= 4 is 5.78 Å². The van der Waals surface area contributed by atoms with Crippen molar-refractivity contribution in [2.75, 3.05) is 0 Å². The van der Waals surface area contributed by atoms with Gasteiger partial charge in [0.25, 0.3) is 0 Å². The molecule has 1 aromatic rings. The summed E-state index contributed by atoms with van der Waals surface area (Å²) < 4.78 is 5.70. The van der Waals surface area contributed by atoms with Gasteiger partial charge in [-0.15, -0.1) is 0 Å². The van der Waals surface area contributed by atoms with Gasteiger partial charge in [0, 0.05) is 6.42 Å². The number of ether oxygens (including phenoxy) is 1. The molecule has 1 heterocycles. The summed E-state index contributed by atoms with van der Waals surface area (Å²) in [6.07, 6.45) is 1.42. The average molecular weight is 190 g/mol. The molecule has 1 aromatic carbocycles. The summed E-state index contributed by atoms with van der Waals surface area (Å²) in [4.78, 5) is 11.7. The molecule has 0 fully saturated rings. The van der Waals surface area contributed by atoms with Crippen molar-refractivity contribution in [2.45, 2.75) is 32.8 Å². The van der Waals surface area contributed by atoms with Gasteiger partial charge in [0.15, 0.2) is 5.78 Å². The van der Waals surface area contributed by atoms with E-state index in [0.717, 1.165) is 23.3 Å². The Bertz CT molecular complexity index is 369. The first kappa shape index (κ1) is 9.25. The van der Waals surface area contributed by atoms with E-state index in [2.05, 4.69) is 6.92 Å². The van der Waals surface area contributed by atoms with Crippen molar-refractivity contribution in [3.8, 4) is 5.75 Å². The predicted octanol–water partition coefficient (Wildman–Crippen LogP) is 2.60. The summed E-state index contributed by atoms with van der Waals surface area (Å²) in [5.41, 5.74) is 1.88. The Morgan fingerprint density at radius 3 is 3.00 bits per heavy atom. The zero-order chi connectivity index (χ0) is 10.1. The molecule has 2 heteroatoms. The first-order valence-corrected chi connectivity index (χ1v) is 5.04. The van der Waals surface area contributed by atoms with Crippen LogP contribution >= 0.6 is 0 Å². The number of hydrogen-bond acceptors (Lipinski definition) is 2. The second-order valence-corrected chi connectivity index (χ2v) is 3.70. The van der Waals surface area contributed by atoms with Crippen molar-refractivity contribution < 1.29 is 9.53 Å². The first-order valence-electron chi connectivity index (χ1n) is 5.04. The molecule has 0 saturated heterocycles. The lowest BCUT2D eigenvalue weighted by molar-refractivity contribution is 0.0869. The highest BCUT2D eigenvalue weighted by Crippen LogP contribution is 2.31. The van der Waals surface area contributed by atoms with Crippen LogP contribution < -0.4 is 4.74 Å². The molecule has 0 radical (unpaired) electrons. The van der Waals surface area contributed by atoms with E-state index in [1.54, 1.807) is 0 Å². The molecule has 1 unspecified atom stereocenters. The quantitative estimate of drug-likeness (QED) is 0.680. The van der Waals surface area contributed by atoms with E-state index in [4.69, 9.17) is 4.74 Å². The van der Waals surface area contributed by atoms with E-state index in [-0.39, 0.29) is 11.9 Å². The van der Waals surface area contributed by atoms with Gasteiger partial charge in [-0.2, -0.15) is 0 Å². The molecular weight excluding hydrogens is 176 g/mol. The fraction of sp³-hybridized carbons (Fsp3) is 0.417. The highest BCUT2D eigenvalue weighted by molar-refractivity contribution is 6.00. The summed E-state index contributed by atoms with van der Waals surface area (Å²) in [5, 5.41) is 0. The molecule has 0 amide bonds. The SMILES string of the molecule is CCc1cccc2c1OC(C)CC2=O. The van der Waals surface area contributed by atoms with E-state index >= 15 is 0 Å². The fourth-order valence-corrected chi connectivity index (χ4v) is 1.84. The lowest BCUT2D eigenvalue weighted by Crippen LogP contribution is -2.24. The molecule has 0 aromatic heterocycles. The van der Waals surface area contributed by atoms with Crippen molar-refractivity contribution in [3.05, 3.63) is 29.3 Å². The van der Waals surface area contributed by atoms with E-state index in [1.165, 1.54) is 0 Å². The van der Waals surface area contributed by atoms with Crippen LogP contribution in [0.1, 0.15) is 36.2 Å². The minimum Gasteiger partial charge on any atom is -0.489 e. The molecule has 0 spiro atoms. The minimum absolute atomic E-state index is 0.0164. The third kappa shape index (κ3) is 1.41. The second kappa shape index (κ2) is 3.45. The molecule has 2 rings (SSSR count). The monoisotopic (exact) mass is 190 g/mol. The van der Waals surface area contributed by atoms with Crippen LogP contribution in [0.3, 0.4) is 0 Å². The molecule has 0 N–H and O–H groups in total. The number of carbonyl (C=O) groups excluding carboxylic acids is 1. The largest absolute Gasteiger partial charge is 0.489 e. The number of aryl methyl sites for hydroxylation is 1. The van der Waals surface area contributed by atoms with Gasteiger partial charge in [-0.1, -0.05) is 19.1 Å². The number of carbonyl (C=O) groups is 1. The van der Waals surface area contributed by atoms with Gasteiger partial charge in [-0.3, -0.25) is 4.79 Å². The van der Waals surface area contributed by atoms with Crippen LogP contribution in [0.25, 0.3) is 0 Å². The lowest BCUT2D eigenvalue weighted by Gasteiger charge is -2.24. The summed E-state index contributed by atoms with van der Waals surface area (Å²) >= 11 is 0. The van der Waals surface area contributed by atoms with Gasteiger partial charge in [0.05, 0.1) is 5.56 Å². The standard InChI is InChI=1S/C12H14O2/c1-3-9-5-4-6-10-11(13)7-8(2)14-12(9)10/h4-6,8H,3,7H2,1-2H3. The third-order valence-corrected chi connectivity index (χ3v) is 2.57. The molecule has 0 aliphatic carbocycles. The maximum Gasteiger partial charge on any atom is 0.170 e. The number of para-hydroxylation sites is 1. The number of fused-ring (bicyclic) bond motifs is 1. The first-order chi connectivity index (χ1) is 6.72. The fourth-order valence-electron chi connectivity index (χ4n) is 1.84. The van der Waals surface area contributed by atoms with Gasteiger partial charge < -0.3 is 4.74 Å². The molecule has 2 nitrogen and oxygen atoms in total. The highest BCUT2D eigenvalue weighted by atomic mass is 16.5. The molecule has 0 bridgehead atoms. The normalized spacial score (nSPS) is 20.1. The molecule has 74 valence electrons. The summed E-state index contributed by atoms with van der Waals surface area (Å²) in [5.74, 6) is 1.01. The number of ketones is 1. The van der Waals surface area contributed by atoms with Crippen molar-refractivity contribution in [1.29, 1.82) is 0 Å². The van der Waals surface area contributed by atoms with E-state index in [9.17, 15) is 4.79 Å². The van der Waals surface area contributed by atoms with Crippen LogP contribution in [0, 0.1) is 0 Å². The molecule has 0 saturated carbocycles. The Labute approximate surface area is 83.9 Å². The number of Topliss-reactive ketones (excluding diaryl/α,β-unsaturated/α-hetero) is 1. The Morgan fingerprint density at radius 2 is 2.29 bits per heavy atom. The van der Waals surface area contributed by atoms with Gasteiger partial charge in [0.2, 0.25) is 0 Å². The van der Waals surface area contributed by atoms with Crippen LogP contribution in [0.4, 0.5) is 0 Å². The Morgan fingerprint density at radius 1 is 1.50 bits per heavy atom. The molecule has 14 heavy (non-hydrogen) atoms.